The first kappa shape index (κ1) is 16.8. The minimum absolute atomic E-state index is 0. The fourth-order valence-electron chi connectivity index (χ4n) is 1.63. The van der Waals surface area contributed by atoms with E-state index >= 15 is 0 Å². The molecule has 1 aromatic rings. The van der Waals surface area contributed by atoms with Gasteiger partial charge < -0.3 is 10.6 Å². The first-order valence-corrected chi connectivity index (χ1v) is 7.23. The normalized spacial score (nSPS) is 13.8. The molecule has 3 nitrogen and oxygen atoms in total. The van der Waals surface area contributed by atoms with E-state index in [9.17, 15) is 4.79 Å². The number of hydrogen-bond donors (Lipinski definition) is 2. The van der Waals surface area contributed by atoms with Crippen molar-refractivity contribution in [3.8, 4) is 0 Å². The Morgan fingerprint density at radius 3 is 2.79 bits per heavy atom. The van der Waals surface area contributed by atoms with E-state index in [1.807, 2.05) is 18.2 Å². The Hall–Kier alpha value is -0.290. The molecule has 1 fully saturated rings. The highest BCUT2D eigenvalue weighted by Gasteiger charge is 2.20. The number of carbonyl (C=O) groups is 1. The topological polar surface area (TPSA) is 41.1 Å². The van der Waals surface area contributed by atoms with E-state index in [2.05, 4.69) is 26.6 Å². The largest absolute Gasteiger partial charge is 0.351 e. The Kier molecular flexibility index (Phi) is 7.15. The van der Waals surface area contributed by atoms with Gasteiger partial charge in [0.1, 0.15) is 0 Å². The summed E-state index contributed by atoms with van der Waals surface area (Å²) < 4.78 is 0.939. The predicted molar refractivity (Wildman–Crippen MR) is 83.8 cm³/mol. The summed E-state index contributed by atoms with van der Waals surface area (Å²) in [6, 6.07) is 5.65. The lowest BCUT2D eigenvalue weighted by Crippen LogP contribution is -2.34. The van der Waals surface area contributed by atoms with Crippen molar-refractivity contribution in [1.82, 2.24) is 10.6 Å². The summed E-state index contributed by atoms with van der Waals surface area (Å²) in [7, 11) is 0. The number of amides is 1. The van der Waals surface area contributed by atoms with Crippen LogP contribution < -0.4 is 10.6 Å². The molecular formula is C13H17BrCl2N2O. The van der Waals surface area contributed by atoms with Gasteiger partial charge in [-0.05, 0) is 43.0 Å². The molecule has 1 saturated carbocycles. The number of nitrogens with one attached hydrogen (secondary N) is 2. The summed E-state index contributed by atoms with van der Waals surface area (Å²) in [6.07, 6.45) is 2.59. The lowest BCUT2D eigenvalue weighted by molar-refractivity contribution is -0.120. The third-order valence-electron chi connectivity index (χ3n) is 2.91. The second-order valence-electron chi connectivity index (χ2n) is 4.59. The van der Waals surface area contributed by atoms with Crippen molar-refractivity contribution < 1.29 is 4.79 Å². The molecule has 0 bridgehead atoms. The molecule has 1 aliphatic rings. The quantitative estimate of drug-likeness (QED) is 0.810. The summed E-state index contributed by atoms with van der Waals surface area (Å²) in [5.41, 5.74) is 0.926. The molecule has 1 amide bonds. The average molecular weight is 368 g/mol. The molecule has 106 valence electrons. The van der Waals surface area contributed by atoms with Gasteiger partial charge in [0.2, 0.25) is 5.91 Å². The standard InChI is InChI=1S/C13H16BrClN2O.ClH/c14-11-4-3-10(12(15)5-11)7-17-13(18)8-16-6-9-1-2-9;/h3-5,9,16H,1-2,6-8H2,(H,17,18);1H. The average Bonchev–Trinajstić information content (AvgIpc) is 3.12. The van der Waals surface area contributed by atoms with Crippen molar-refractivity contribution in [2.75, 3.05) is 13.1 Å². The van der Waals surface area contributed by atoms with Gasteiger partial charge in [0, 0.05) is 16.0 Å². The van der Waals surface area contributed by atoms with Crippen molar-refractivity contribution in [2.24, 2.45) is 5.92 Å². The van der Waals surface area contributed by atoms with E-state index in [0.29, 0.717) is 18.1 Å². The molecule has 2 rings (SSSR count). The number of carbonyl (C=O) groups excluding carboxylic acids is 1. The van der Waals surface area contributed by atoms with Crippen molar-refractivity contribution in [3.63, 3.8) is 0 Å². The lowest BCUT2D eigenvalue weighted by Gasteiger charge is -2.08. The Morgan fingerprint density at radius 2 is 2.16 bits per heavy atom. The zero-order valence-corrected chi connectivity index (χ0v) is 13.6. The maximum atomic E-state index is 11.6. The Balaban J connectivity index is 0.00000180. The van der Waals surface area contributed by atoms with E-state index in [-0.39, 0.29) is 18.3 Å². The van der Waals surface area contributed by atoms with Crippen molar-refractivity contribution in [3.05, 3.63) is 33.3 Å². The molecular weight excluding hydrogens is 351 g/mol. The van der Waals surface area contributed by atoms with Gasteiger partial charge in [-0.1, -0.05) is 33.6 Å². The number of halogens is 3. The van der Waals surface area contributed by atoms with Crippen molar-refractivity contribution >= 4 is 45.8 Å². The van der Waals surface area contributed by atoms with Crippen LogP contribution in [-0.4, -0.2) is 19.0 Å². The SMILES string of the molecule is Cl.O=C(CNCC1CC1)NCc1ccc(Br)cc1Cl. The van der Waals surface area contributed by atoms with Crippen LogP contribution >= 0.6 is 39.9 Å². The van der Waals surface area contributed by atoms with Gasteiger partial charge >= 0.3 is 0 Å². The summed E-state index contributed by atoms with van der Waals surface area (Å²) in [5, 5.41) is 6.67. The summed E-state index contributed by atoms with van der Waals surface area (Å²) >= 11 is 9.42. The van der Waals surface area contributed by atoms with Crippen LogP contribution in [0.2, 0.25) is 5.02 Å². The number of rotatable bonds is 6. The second-order valence-corrected chi connectivity index (χ2v) is 5.91. The molecule has 0 heterocycles. The molecule has 0 spiro atoms. The van der Waals surface area contributed by atoms with Gasteiger partial charge in [-0.25, -0.2) is 0 Å². The van der Waals surface area contributed by atoms with Gasteiger partial charge in [0.15, 0.2) is 0 Å². The molecule has 0 atom stereocenters. The molecule has 19 heavy (non-hydrogen) atoms. The van der Waals surface area contributed by atoms with Gasteiger partial charge in [0.25, 0.3) is 0 Å². The fourth-order valence-corrected chi connectivity index (χ4v) is 2.37. The van der Waals surface area contributed by atoms with E-state index in [0.717, 1.165) is 22.5 Å². The molecule has 0 saturated heterocycles. The lowest BCUT2D eigenvalue weighted by atomic mass is 10.2. The van der Waals surface area contributed by atoms with Gasteiger partial charge in [-0.15, -0.1) is 12.4 Å². The van der Waals surface area contributed by atoms with Crippen LogP contribution in [0.4, 0.5) is 0 Å². The molecule has 0 aromatic heterocycles. The second kappa shape index (κ2) is 8.10. The Labute approximate surface area is 133 Å². The summed E-state index contributed by atoms with van der Waals surface area (Å²) in [4.78, 5) is 11.6. The molecule has 1 aromatic carbocycles. The van der Waals surface area contributed by atoms with Crippen LogP contribution in [0.3, 0.4) is 0 Å². The molecule has 1 aliphatic carbocycles. The monoisotopic (exact) mass is 366 g/mol. The first-order chi connectivity index (χ1) is 8.65. The molecule has 2 N–H and O–H groups in total. The molecule has 0 unspecified atom stereocenters. The molecule has 0 radical (unpaired) electrons. The third-order valence-corrected chi connectivity index (χ3v) is 3.75. The highest BCUT2D eigenvalue weighted by atomic mass is 79.9. The minimum atomic E-state index is 0. The van der Waals surface area contributed by atoms with Crippen LogP contribution in [0.5, 0.6) is 0 Å². The number of benzene rings is 1. The highest BCUT2D eigenvalue weighted by Crippen LogP contribution is 2.27. The van der Waals surface area contributed by atoms with Crippen molar-refractivity contribution in [1.29, 1.82) is 0 Å². The summed E-state index contributed by atoms with van der Waals surface area (Å²) in [5.74, 6) is 0.799. The fraction of sp³-hybridized carbons (Fsp3) is 0.462. The Bertz CT molecular complexity index is 439. The van der Waals surface area contributed by atoms with E-state index in [1.54, 1.807) is 0 Å². The van der Waals surface area contributed by atoms with E-state index < -0.39 is 0 Å². The zero-order chi connectivity index (χ0) is 13.0. The zero-order valence-electron chi connectivity index (χ0n) is 10.4. The van der Waals surface area contributed by atoms with Crippen LogP contribution in [-0.2, 0) is 11.3 Å². The van der Waals surface area contributed by atoms with E-state index in [1.165, 1.54) is 12.8 Å². The van der Waals surface area contributed by atoms with Crippen LogP contribution in [0.1, 0.15) is 18.4 Å². The number of hydrogen-bond acceptors (Lipinski definition) is 2. The molecule has 0 aliphatic heterocycles. The maximum Gasteiger partial charge on any atom is 0.234 e. The van der Waals surface area contributed by atoms with Gasteiger partial charge in [-0.2, -0.15) is 0 Å². The highest BCUT2D eigenvalue weighted by molar-refractivity contribution is 9.10. The first-order valence-electron chi connectivity index (χ1n) is 6.06. The van der Waals surface area contributed by atoms with Crippen LogP contribution in [0, 0.1) is 5.92 Å². The third kappa shape index (κ3) is 6.13. The predicted octanol–water partition coefficient (Wildman–Crippen LogP) is 3.14. The van der Waals surface area contributed by atoms with Gasteiger partial charge in [0.05, 0.1) is 6.54 Å². The van der Waals surface area contributed by atoms with Crippen LogP contribution in [0.15, 0.2) is 22.7 Å². The minimum Gasteiger partial charge on any atom is -0.351 e. The Morgan fingerprint density at radius 1 is 1.42 bits per heavy atom. The smallest absolute Gasteiger partial charge is 0.234 e. The van der Waals surface area contributed by atoms with E-state index in [4.69, 9.17) is 11.6 Å². The van der Waals surface area contributed by atoms with Crippen molar-refractivity contribution in [2.45, 2.75) is 19.4 Å². The maximum absolute atomic E-state index is 11.6. The molecule has 6 heteroatoms. The van der Waals surface area contributed by atoms with Crippen LogP contribution in [0.25, 0.3) is 0 Å². The van der Waals surface area contributed by atoms with Gasteiger partial charge in [-0.3, -0.25) is 4.79 Å². The summed E-state index contributed by atoms with van der Waals surface area (Å²) in [6.45, 7) is 1.80.